The molecule has 3 rings (SSSR count). The van der Waals surface area contributed by atoms with E-state index in [4.69, 9.17) is 22.2 Å². The number of nitrogens with one attached hydrogen (secondary N) is 1. The van der Waals surface area contributed by atoms with Crippen LogP contribution in [0.15, 0.2) is 78.9 Å². The molecule has 0 fully saturated rings. The van der Waals surface area contributed by atoms with Gasteiger partial charge in [0.05, 0.1) is 0 Å². The SMILES string of the molecule is CCOCNN.O=S(=O)(Oc1ccc(C(CCc2ccccc2)c2ccc(Cl)cc2)cc1)C(F)(F)F. The highest BCUT2D eigenvalue weighted by Gasteiger charge is 2.48. The lowest BCUT2D eigenvalue weighted by atomic mass is 9.86. The minimum atomic E-state index is -5.70. The molecule has 11 heteroatoms. The van der Waals surface area contributed by atoms with Gasteiger partial charge < -0.3 is 8.92 Å². The summed E-state index contributed by atoms with van der Waals surface area (Å²) in [7, 11) is -5.70. The molecule has 0 aliphatic heterocycles. The highest BCUT2D eigenvalue weighted by Crippen LogP contribution is 2.33. The Kier molecular flexibility index (Phi) is 11.7. The Balaban J connectivity index is 0.000000678. The lowest BCUT2D eigenvalue weighted by molar-refractivity contribution is -0.0500. The summed E-state index contributed by atoms with van der Waals surface area (Å²) in [6, 6.07) is 22.9. The molecule has 0 radical (unpaired) electrons. The van der Waals surface area contributed by atoms with Gasteiger partial charge >= 0.3 is 15.6 Å². The van der Waals surface area contributed by atoms with E-state index in [2.05, 4.69) is 9.61 Å². The van der Waals surface area contributed by atoms with Gasteiger partial charge in [0.15, 0.2) is 0 Å². The van der Waals surface area contributed by atoms with Gasteiger partial charge in [0.1, 0.15) is 12.5 Å². The van der Waals surface area contributed by atoms with Gasteiger partial charge in [-0.3, -0.25) is 5.84 Å². The highest BCUT2D eigenvalue weighted by atomic mass is 35.5. The molecule has 0 aliphatic rings. The van der Waals surface area contributed by atoms with Gasteiger partial charge in [-0.05, 0) is 60.7 Å². The standard InChI is InChI=1S/C22H18ClF3O3S.C3H10N2O/c23-19-11-7-17(8-12-19)21(15-6-16-4-2-1-3-5-16)18-9-13-20(14-10-18)29-30(27,28)22(24,25)26;1-2-6-3-5-4/h1-5,7-14,21H,6,15H2;5H,2-4H2,1H3. The Morgan fingerprint density at radius 3 is 1.97 bits per heavy atom. The molecule has 1 atom stereocenters. The topological polar surface area (TPSA) is 90.6 Å². The summed E-state index contributed by atoms with van der Waals surface area (Å²) in [5, 5.41) is 0.599. The average Bonchev–Trinajstić information content (AvgIpc) is 2.85. The van der Waals surface area contributed by atoms with E-state index in [0.29, 0.717) is 18.4 Å². The van der Waals surface area contributed by atoms with Crippen LogP contribution in [0.5, 0.6) is 5.75 Å². The van der Waals surface area contributed by atoms with Crippen LogP contribution in [-0.2, 0) is 21.3 Å². The number of nitrogens with two attached hydrogens (primary N) is 1. The molecule has 0 saturated heterocycles. The molecule has 0 amide bonds. The van der Waals surface area contributed by atoms with Crippen molar-refractivity contribution < 1.29 is 30.5 Å². The van der Waals surface area contributed by atoms with Gasteiger partial charge in [0, 0.05) is 17.5 Å². The quantitative estimate of drug-likeness (QED) is 0.0840. The molecular formula is C25H28ClF3N2O4S. The van der Waals surface area contributed by atoms with Crippen molar-refractivity contribution in [2.75, 3.05) is 13.3 Å². The molecule has 3 N–H and O–H groups in total. The fourth-order valence-electron chi connectivity index (χ4n) is 3.27. The number of aryl methyl sites for hydroxylation is 1. The van der Waals surface area contributed by atoms with Crippen molar-refractivity contribution in [3.63, 3.8) is 0 Å². The zero-order valence-electron chi connectivity index (χ0n) is 19.5. The van der Waals surface area contributed by atoms with Crippen LogP contribution in [0, 0.1) is 0 Å². The maximum Gasteiger partial charge on any atom is 0.534 e. The zero-order valence-corrected chi connectivity index (χ0v) is 21.1. The number of hydrogen-bond donors (Lipinski definition) is 2. The van der Waals surface area contributed by atoms with Crippen LogP contribution >= 0.6 is 11.6 Å². The second-order valence-electron chi connectivity index (χ2n) is 7.52. The number of alkyl halides is 3. The first kappa shape index (κ1) is 29.6. The van der Waals surface area contributed by atoms with Crippen molar-refractivity contribution in [1.82, 2.24) is 5.43 Å². The molecule has 0 bridgehead atoms. The first-order valence-electron chi connectivity index (χ1n) is 11.0. The molecule has 36 heavy (non-hydrogen) atoms. The first-order valence-corrected chi connectivity index (χ1v) is 12.8. The minimum Gasteiger partial charge on any atom is -0.376 e. The van der Waals surface area contributed by atoms with Crippen LogP contribution in [-0.4, -0.2) is 27.3 Å². The Morgan fingerprint density at radius 1 is 0.944 bits per heavy atom. The number of benzene rings is 3. The molecule has 196 valence electrons. The molecule has 3 aromatic rings. The zero-order chi connectivity index (χ0) is 26.6. The normalized spacial score (nSPS) is 12.4. The van der Waals surface area contributed by atoms with Crippen molar-refractivity contribution in [1.29, 1.82) is 0 Å². The van der Waals surface area contributed by atoms with Gasteiger partial charge in [0.2, 0.25) is 0 Å². The number of halogens is 4. The Bertz CT molecular complexity index is 1140. The van der Waals surface area contributed by atoms with Crippen LogP contribution in [0.25, 0.3) is 0 Å². The number of ether oxygens (including phenoxy) is 1. The maximum absolute atomic E-state index is 12.5. The molecule has 0 spiro atoms. The fraction of sp³-hybridized carbons (Fsp3) is 0.280. The van der Waals surface area contributed by atoms with Gasteiger partial charge in [-0.2, -0.15) is 21.6 Å². The van der Waals surface area contributed by atoms with E-state index in [1.807, 2.05) is 49.4 Å². The number of rotatable bonds is 10. The average molecular weight is 545 g/mol. The van der Waals surface area contributed by atoms with Crippen molar-refractivity contribution in [2.24, 2.45) is 5.84 Å². The number of hydrazine groups is 1. The van der Waals surface area contributed by atoms with Gasteiger partial charge in [-0.25, -0.2) is 5.43 Å². The molecule has 0 aromatic heterocycles. The second-order valence-corrected chi connectivity index (χ2v) is 9.50. The van der Waals surface area contributed by atoms with Crippen molar-refractivity contribution in [3.05, 3.63) is 101 Å². The monoisotopic (exact) mass is 544 g/mol. The molecular weight excluding hydrogens is 517 g/mol. The third-order valence-corrected chi connectivity index (χ3v) is 6.23. The largest absolute Gasteiger partial charge is 0.534 e. The summed E-state index contributed by atoms with van der Waals surface area (Å²) in [5.41, 5.74) is -0.156. The predicted molar refractivity (Wildman–Crippen MR) is 134 cm³/mol. The van der Waals surface area contributed by atoms with Gasteiger partial charge in [0.25, 0.3) is 0 Å². The maximum atomic E-state index is 12.5. The first-order chi connectivity index (χ1) is 17.1. The summed E-state index contributed by atoms with van der Waals surface area (Å²) in [4.78, 5) is 0. The van der Waals surface area contributed by atoms with E-state index in [-0.39, 0.29) is 5.92 Å². The van der Waals surface area contributed by atoms with Crippen LogP contribution in [0.1, 0.15) is 36.0 Å². The third-order valence-electron chi connectivity index (χ3n) is 5.00. The summed E-state index contributed by atoms with van der Waals surface area (Å²) in [5.74, 6) is 4.39. The van der Waals surface area contributed by atoms with E-state index in [1.165, 1.54) is 12.1 Å². The smallest absolute Gasteiger partial charge is 0.376 e. The lowest BCUT2D eigenvalue weighted by Crippen LogP contribution is -2.28. The predicted octanol–water partition coefficient (Wildman–Crippen LogP) is 5.78. The minimum absolute atomic E-state index is 0.0595. The van der Waals surface area contributed by atoms with Crippen molar-refractivity contribution in [3.8, 4) is 5.75 Å². The van der Waals surface area contributed by atoms with Crippen LogP contribution in [0.3, 0.4) is 0 Å². The number of hydrogen-bond acceptors (Lipinski definition) is 6. The van der Waals surface area contributed by atoms with E-state index < -0.39 is 21.4 Å². The van der Waals surface area contributed by atoms with Crippen molar-refractivity contribution in [2.45, 2.75) is 31.2 Å². The van der Waals surface area contributed by atoms with Crippen LogP contribution in [0.2, 0.25) is 5.02 Å². The summed E-state index contributed by atoms with van der Waals surface area (Å²) in [6.45, 7) is 3.07. The summed E-state index contributed by atoms with van der Waals surface area (Å²) >= 11 is 5.99. The molecule has 0 heterocycles. The Morgan fingerprint density at radius 2 is 1.50 bits per heavy atom. The molecule has 6 nitrogen and oxygen atoms in total. The van der Waals surface area contributed by atoms with Crippen LogP contribution < -0.4 is 15.5 Å². The second kappa shape index (κ2) is 14.2. The molecule has 3 aromatic carbocycles. The molecule has 1 unspecified atom stereocenters. The van der Waals surface area contributed by atoms with Crippen LogP contribution in [0.4, 0.5) is 13.2 Å². The van der Waals surface area contributed by atoms with E-state index in [1.54, 1.807) is 24.3 Å². The van der Waals surface area contributed by atoms with E-state index >= 15 is 0 Å². The highest BCUT2D eigenvalue weighted by molar-refractivity contribution is 7.88. The van der Waals surface area contributed by atoms with Gasteiger partial charge in [-0.1, -0.05) is 66.2 Å². The van der Waals surface area contributed by atoms with E-state index in [0.717, 1.165) is 29.5 Å². The summed E-state index contributed by atoms with van der Waals surface area (Å²) < 4.78 is 68.9. The van der Waals surface area contributed by atoms with Gasteiger partial charge in [-0.15, -0.1) is 0 Å². The molecule has 0 saturated carbocycles. The Hall–Kier alpha value is -2.63. The lowest BCUT2D eigenvalue weighted by Gasteiger charge is -2.19. The van der Waals surface area contributed by atoms with E-state index in [9.17, 15) is 21.6 Å². The Labute approximate surface area is 214 Å². The molecule has 0 aliphatic carbocycles. The third kappa shape index (κ3) is 9.44. The summed E-state index contributed by atoms with van der Waals surface area (Å²) in [6.07, 6.45) is 1.53. The van der Waals surface area contributed by atoms with Crippen molar-refractivity contribution >= 4 is 21.7 Å². The fourth-order valence-corrected chi connectivity index (χ4v) is 3.85.